The van der Waals surface area contributed by atoms with Crippen LogP contribution in [0.1, 0.15) is 41.7 Å². The third-order valence-corrected chi connectivity index (χ3v) is 5.23. The first kappa shape index (κ1) is 18.8. The Morgan fingerprint density at radius 2 is 2.15 bits per heavy atom. The molecule has 1 amide bonds. The van der Waals surface area contributed by atoms with Gasteiger partial charge in [-0.25, -0.2) is 0 Å². The molecule has 0 aliphatic heterocycles. The second-order valence-electron chi connectivity index (χ2n) is 6.66. The van der Waals surface area contributed by atoms with Crippen LogP contribution >= 0.6 is 23.2 Å². The van der Waals surface area contributed by atoms with Crippen molar-refractivity contribution >= 4 is 29.1 Å². The Kier molecular flexibility index (Phi) is 5.62. The van der Waals surface area contributed by atoms with Crippen LogP contribution in [-0.2, 0) is 7.05 Å². The molecule has 0 saturated heterocycles. The highest BCUT2D eigenvalue weighted by atomic mass is 35.5. The number of nitrogens with zero attached hydrogens (tertiary/aromatic N) is 1. The zero-order chi connectivity index (χ0) is 18.7. The minimum absolute atomic E-state index is 0.136. The van der Waals surface area contributed by atoms with Crippen LogP contribution in [0.5, 0.6) is 0 Å². The van der Waals surface area contributed by atoms with Crippen molar-refractivity contribution in [2.45, 2.75) is 37.3 Å². The first-order chi connectivity index (χ1) is 12.4. The maximum Gasteiger partial charge on any atom is 0.268 e. The SMILES string of the molecule is Cn1c(Cl)ccc1C(=O)N[C@H]1CCC[C@@](O)(C#Cc2cccc(Cl)c2)C1. The number of aliphatic hydroxyl groups is 1. The fraction of sp³-hybridized carbons (Fsp3) is 0.350. The first-order valence-electron chi connectivity index (χ1n) is 8.49. The van der Waals surface area contributed by atoms with Gasteiger partial charge in [-0.15, -0.1) is 0 Å². The van der Waals surface area contributed by atoms with Crippen LogP contribution in [0.15, 0.2) is 36.4 Å². The van der Waals surface area contributed by atoms with E-state index in [1.54, 1.807) is 35.9 Å². The standard InChI is InChI=1S/C20H20Cl2N2O2/c1-24-17(7-8-18(24)22)19(25)23-16-6-3-10-20(26,13-16)11-9-14-4-2-5-15(21)12-14/h2,4-5,7-8,12,16,26H,3,6,10,13H2,1H3,(H,23,25)/t16-,20+/m0/s1. The van der Waals surface area contributed by atoms with Crippen molar-refractivity contribution < 1.29 is 9.90 Å². The Labute approximate surface area is 163 Å². The van der Waals surface area contributed by atoms with Gasteiger partial charge in [0, 0.05) is 30.1 Å². The minimum Gasteiger partial charge on any atom is -0.378 e. The van der Waals surface area contributed by atoms with Crippen LogP contribution in [0.3, 0.4) is 0 Å². The van der Waals surface area contributed by atoms with E-state index < -0.39 is 5.60 Å². The number of hydrogen-bond donors (Lipinski definition) is 2. The molecule has 1 aromatic carbocycles. The Morgan fingerprint density at radius 1 is 1.35 bits per heavy atom. The molecule has 4 nitrogen and oxygen atoms in total. The lowest BCUT2D eigenvalue weighted by molar-refractivity contribution is 0.0451. The summed E-state index contributed by atoms with van der Waals surface area (Å²) in [5, 5.41) is 14.9. The average molecular weight is 391 g/mol. The molecule has 1 aromatic heterocycles. The summed E-state index contributed by atoms with van der Waals surface area (Å²) in [5.74, 6) is 5.77. The second kappa shape index (κ2) is 7.75. The number of benzene rings is 1. The minimum atomic E-state index is -1.12. The van der Waals surface area contributed by atoms with Crippen LogP contribution in [-0.4, -0.2) is 27.2 Å². The van der Waals surface area contributed by atoms with Gasteiger partial charge < -0.3 is 15.0 Å². The molecule has 3 rings (SSSR count). The smallest absolute Gasteiger partial charge is 0.268 e. The highest BCUT2D eigenvalue weighted by Crippen LogP contribution is 2.28. The Balaban J connectivity index is 1.69. The number of aromatic nitrogens is 1. The highest BCUT2D eigenvalue weighted by molar-refractivity contribution is 6.30. The molecule has 1 heterocycles. The van der Waals surface area contributed by atoms with Crippen molar-refractivity contribution in [2.75, 3.05) is 0 Å². The van der Waals surface area contributed by atoms with Gasteiger partial charge in [-0.1, -0.05) is 41.1 Å². The van der Waals surface area contributed by atoms with Gasteiger partial charge in [-0.2, -0.15) is 0 Å². The average Bonchev–Trinajstić information content (AvgIpc) is 2.93. The van der Waals surface area contributed by atoms with E-state index in [1.807, 2.05) is 12.1 Å². The van der Waals surface area contributed by atoms with Gasteiger partial charge in [-0.3, -0.25) is 4.79 Å². The number of carbonyl (C=O) groups excluding carboxylic acids is 1. The number of amides is 1. The normalized spacial score (nSPS) is 22.4. The van der Waals surface area contributed by atoms with Crippen molar-refractivity contribution in [2.24, 2.45) is 7.05 Å². The van der Waals surface area contributed by atoms with Gasteiger partial charge >= 0.3 is 0 Å². The van der Waals surface area contributed by atoms with Crippen molar-refractivity contribution in [3.8, 4) is 11.8 Å². The fourth-order valence-corrected chi connectivity index (χ4v) is 3.56. The fourth-order valence-electron chi connectivity index (χ4n) is 3.22. The highest BCUT2D eigenvalue weighted by Gasteiger charge is 2.33. The number of hydrogen-bond acceptors (Lipinski definition) is 2. The second-order valence-corrected chi connectivity index (χ2v) is 7.48. The predicted octanol–water partition coefficient (Wildman–Crippen LogP) is 3.79. The molecule has 1 fully saturated rings. The maximum atomic E-state index is 12.5. The van der Waals surface area contributed by atoms with Gasteiger partial charge in [0.2, 0.25) is 0 Å². The van der Waals surface area contributed by atoms with Crippen molar-refractivity contribution in [1.82, 2.24) is 9.88 Å². The molecule has 6 heteroatoms. The van der Waals surface area contributed by atoms with E-state index in [2.05, 4.69) is 17.2 Å². The zero-order valence-corrected chi connectivity index (χ0v) is 15.9. The Morgan fingerprint density at radius 3 is 2.85 bits per heavy atom. The molecule has 1 saturated carbocycles. The van der Waals surface area contributed by atoms with Gasteiger partial charge in [0.05, 0.1) is 0 Å². The largest absolute Gasteiger partial charge is 0.378 e. The maximum absolute atomic E-state index is 12.5. The van der Waals surface area contributed by atoms with E-state index in [4.69, 9.17) is 23.2 Å². The Hall–Kier alpha value is -1.93. The van der Waals surface area contributed by atoms with E-state index in [-0.39, 0.29) is 11.9 Å². The zero-order valence-electron chi connectivity index (χ0n) is 14.4. The molecule has 1 aliphatic rings. The summed E-state index contributed by atoms with van der Waals surface area (Å²) in [6.45, 7) is 0. The van der Waals surface area contributed by atoms with Crippen LogP contribution < -0.4 is 5.32 Å². The van der Waals surface area contributed by atoms with E-state index in [0.717, 1.165) is 18.4 Å². The molecule has 136 valence electrons. The predicted molar refractivity (Wildman–Crippen MR) is 103 cm³/mol. The summed E-state index contributed by atoms with van der Waals surface area (Å²) in [6.07, 6.45) is 2.58. The lowest BCUT2D eigenvalue weighted by Crippen LogP contribution is -2.45. The van der Waals surface area contributed by atoms with Crippen LogP contribution in [0.4, 0.5) is 0 Å². The summed E-state index contributed by atoms with van der Waals surface area (Å²) in [4.78, 5) is 12.5. The molecule has 1 aliphatic carbocycles. The molecule has 0 spiro atoms. The molecule has 2 N–H and O–H groups in total. The quantitative estimate of drug-likeness (QED) is 0.766. The van der Waals surface area contributed by atoms with Crippen molar-refractivity contribution in [1.29, 1.82) is 0 Å². The molecule has 0 bridgehead atoms. The first-order valence-corrected chi connectivity index (χ1v) is 9.25. The van der Waals surface area contributed by atoms with Crippen LogP contribution in [0.2, 0.25) is 10.2 Å². The molecular formula is C20H20Cl2N2O2. The molecule has 26 heavy (non-hydrogen) atoms. The summed E-state index contributed by atoms with van der Waals surface area (Å²) in [5.41, 5.74) is 0.134. The topological polar surface area (TPSA) is 54.3 Å². The summed E-state index contributed by atoms with van der Waals surface area (Å²) in [6, 6.07) is 10.5. The number of nitrogens with one attached hydrogen (secondary N) is 1. The van der Waals surface area contributed by atoms with Crippen molar-refractivity contribution in [3.05, 3.63) is 57.8 Å². The lowest BCUT2D eigenvalue weighted by Gasteiger charge is -2.33. The molecule has 0 radical (unpaired) electrons. The van der Waals surface area contributed by atoms with E-state index in [9.17, 15) is 9.90 Å². The van der Waals surface area contributed by atoms with Gasteiger partial charge in [0.15, 0.2) is 0 Å². The summed E-state index contributed by atoms with van der Waals surface area (Å²) >= 11 is 12.0. The third-order valence-electron chi connectivity index (χ3n) is 4.62. The lowest BCUT2D eigenvalue weighted by atomic mass is 9.82. The van der Waals surface area contributed by atoms with E-state index in [0.29, 0.717) is 28.7 Å². The van der Waals surface area contributed by atoms with E-state index >= 15 is 0 Å². The van der Waals surface area contributed by atoms with E-state index in [1.165, 1.54) is 0 Å². The molecular weight excluding hydrogens is 371 g/mol. The molecule has 0 unspecified atom stereocenters. The van der Waals surface area contributed by atoms with Gasteiger partial charge in [0.1, 0.15) is 16.4 Å². The Bertz CT molecular complexity index is 881. The van der Waals surface area contributed by atoms with Gasteiger partial charge in [-0.05, 0) is 49.6 Å². The summed E-state index contributed by atoms with van der Waals surface area (Å²) < 4.78 is 1.63. The third kappa shape index (κ3) is 4.42. The number of rotatable bonds is 2. The molecule has 2 atom stereocenters. The van der Waals surface area contributed by atoms with Gasteiger partial charge in [0.25, 0.3) is 5.91 Å². The summed E-state index contributed by atoms with van der Waals surface area (Å²) in [7, 11) is 1.74. The molecule has 2 aromatic rings. The van der Waals surface area contributed by atoms with Crippen molar-refractivity contribution in [3.63, 3.8) is 0 Å². The number of halogens is 2. The monoisotopic (exact) mass is 390 g/mol. The van der Waals surface area contributed by atoms with Crippen LogP contribution in [0.25, 0.3) is 0 Å². The van der Waals surface area contributed by atoms with Crippen LogP contribution in [0, 0.1) is 11.8 Å². The number of carbonyl (C=O) groups is 1.